The van der Waals surface area contributed by atoms with Crippen LogP contribution in [0.2, 0.25) is 0 Å². The fourth-order valence-electron chi connectivity index (χ4n) is 2.73. The summed E-state index contributed by atoms with van der Waals surface area (Å²) in [7, 11) is 0. The second-order valence-electron chi connectivity index (χ2n) is 9.34. The first kappa shape index (κ1) is 28.2. The number of hydrogen-bond acceptors (Lipinski definition) is 5. The number of ether oxygens (including phenoxy) is 2. The summed E-state index contributed by atoms with van der Waals surface area (Å²) in [4.78, 5) is 26.6. The topological polar surface area (TPSA) is 79.3 Å². The lowest BCUT2D eigenvalue weighted by Gasteiger charge is -2.31. The molecule has 2 rings (SSSR count). The van der Waals surface area contributed by atoms with E-state index in [0.29, 0.717) is 29.9 Å². The van der Waals surface area contributed by atoms with Crippen LogP contribution >= 0.6 is 22.6 Å². The van der Waals surface area contributed by atoms with E-state index in [2.05, 4.69) is 22.6 Å². The number of amides is 2. The molecule has 2 aliphatic rings. The van der Waals surface area contributed by atoms with Crippen LogP contribution in [0.3, 0.4) is 0 Å². The van der Waals surface area contributed by atoms with Crippen LogP contribution in [0.5, 0.6) is 0 Å². The number of carbonyl (C=O) groups is 2. The molecule has 2 aliphatic heterocycles. The summed E-state index contributed by atoms with van der Waals surface area (Å²) in [6, 6.07) is 0. The van der Waals surface area contributed by atoms with Crippen LogP contribution in [-0.2, 0) is 9.47 Å². The third kappa shape index (κ3) is 12.5. The molecule has 172 valence electrons. The first-order valence-electron chi connectivity index (χ1n) is 10.0. The highest BCUT2D eigenvalue weighted by atomic mass is 127. The number of nitrogens with zero attached hydrogens (tertiary/aromatic N) is 2. The number of alkyl halides is 1. The van der Waals surface area contributed by atoms with Crippen LogP contribution in [0.25, 0.3) is 0 Å². The molecule has 0 aromatic carbocycles. The van der Waals surface area contributed by atoms with Gasteiger partial charge in [-0.05, 0) is 67.2 Å². The normalized spacial score (nSPS) is 18.9. The van der Waals surface area contributed by atoms with Gasteiger partial charge in [0.2, 0.25) is 0 Å². The van der Waals surface area contributed by atoms with E-state index in [4.69, 9.17) is 9.47 Å². The molecule has 2 amide bonds. The number of hydrogen-bond donors (Lipinski definition) is 1. The van der Waals surface area contributed by atoms with Crippen LogP contribution in [0, 0.1) is 0 Å². The number of carbonyl (C=O) groups excluding carboxylic acids is 2. The van der Waals surface area contributed by atoms with Crippen LogP contribution in [0.15, 0.2) is 0 Å². The van der Waals surface area contributed by atoms with E-state index in [1.807, 2.05) is 41.5 Å². The molecule has 0 spiro atoms. The zero-order valence-corrected chi connectivity index (χ0v) is 20.3. The molecule has 29 heavy (non-hydrogen) atoms. The molecule has 2 heterocycles. The lowest BCUT2D eigenvalue weighted by molar-refractivity contribution is 0.00996. The highest BCUT2D eigenvalue weighted by molar-refractivity contribution is 14.1. The molecule has 1 N–H and O–H groups in total. The predicted octanol–water partition coefficient (Wildman–Crippen LogP) is 4.84. The highest BCUT2D eigenvalue weighted by Gasteiger charge is 2.26. The molecule has 7 nitrogen and oxygen atoms in total. The Balaban J connectivity index is 0.000000523. The van der Waals surface area contributed by atoms with Crippen molar-refractivity contribution in [2.24, 2.45) is 0 Å². The predicted molar refractivity (Wildman–Crippen MR) is 125 cm³/mol. The first-order chi connectivity index (χ1) is 12.8. The number of aliphatic hydroxyl groups excluding tert-OH is 1. The Kier molecular flexibility index (Phi) is 11.9. The second kappa shape index (κ2) is 12.2. The van der Waals surface area contributed by atoms with E-state index in [1.54, 1.807) is 9.80 Å². The Bertz CT molecular complexity index is 454. The van der Waals surface area contributed by atoms with Crippen molar-refractivity contribution in [3.8, 4) is 0 Å². The zero-order valence-electron chi connectivity index (χ0n) is 18.2. The molecule has 8 heteroatoms. The molecule has 0 aromatic heterocycles. The quantitative estimate of drug-likeness (QED) is 0.360. The van der Waals surface area contributed by atoms with Crippen LogP contribution in [0.1, 0.15) is 74.7 Å². The van der Waals surface area contributed by atoms with Crippen LogP contribution in [0.4, 0.5) is 9.59 Å². The summed E-state index contributed by atoms with van der Waals surface area (Å²) in [5.74, 6) is 0. The average Bonchev–Trinajstić information content (AvgIpc) is 2.53. The summed E-state index contributed by atoms with van der Waals surface area (Å²) in [6.07, 6.45) is 2.77. The minimum absolute atomic E-state index is 0. The van der Waals surface area contributed by atoms with E-state index in [0.717, 1.165) is 25.9 Å². The van der Waals surface area contributed by atoms with E-state index in [9.17, 15) is 14.7 Å². The van der Waals surface area contributed by atoms with Gasteiger partial charge in [-0.3, -0.25) is 0 Å². The second-order valence-corrected chi connectivity index (χ2v) is 11.1. The lowest BCUT2D eigenvalue weighted by Crippen LogP contribution is -2.42. The molecular weight excluding hydrogens is 487 g/mol. The van der Waals surface area contributed by atoms with Crippen molar-refractivity contribution in [3.63, 3.8) is 0 Å². The summed E-state index contributed by atoms with van der Waals surface area (Å²) < 4.78 is 11.2. The summed E-state index contributed by atoms with van der Waals surface area (Å²) >= 11 is 2.44. The molecule has 0 atom stereocenters. The number of aliphatic hydroxyl groups is 1. The van der Waals surface area contributed by atoms with Crippen molar-refractivity contribution in [1.29, 1.82) is 0 Å². The third-order valence-electron chi connectivity index (χ3n) is 4.19. The summed E-state index contributed by atoms with van der Waals surface area (Å²) in [5, 5.41) is 9.26. The molecule has 2 saturated heterocycles. The Morgan fingerprint density at radius 3 is 1.41 bits per heavy atom. The maximum Gasteiger partial charge on any atom is 0.410 e. The van der Waals surface area contributed by atoms with Crippen molar-refractivity contribution in [1.82, 2.24) is 9.80 Å². The minimum Gasteiger partial charge on any atom is -0.444 e. The van der Waals surface area contributed by atoms with Gasteiger partial charge in [0.15, 0.2) is 0 Å². The first-order valence-corrected chi connectivity index (χ1v) is 11.3. The van der Waals surface area contributed by atoms with Gasteiger partial charge in [-0.2, -0.15) is 0 Å². The van der Waals surface area contributed by atoms with E-state index < -0.39 is 5.60 Å². The van der Waals surface area contributed by atoms with Gasteiger partial charge in [0.05, 0.1) is 6.10 Å². The van der Waals surface area contributed by atoms with E-state index in [1.165, 1.54) is 0 Å². The van der Waals surface area contributed by atoms with Gasteiger partial charge in [-0.15, -0.1) is 0 Å². The maximum atomic E-state index is 11.6. The molecule has 0 radical (unpaired) electrons. The molecule has 0 bridgehead atoms. The Morgan fingerprint density at radius 1 is 0.793 bits per heavy atom. The molecule has 0 aliphatic carbocycles. The SMILES string of the molecule is C.CC(C)(C)OC(=O)N1CCC(I)CC1.CC(C)(C)OC(=O)N1CCC(O)CC1. The monoisotopic (exact) mass is 528 g/mol. The summed E-state index contributed by atoms with van der Waals surface area (Å²) in [5.41, 5.74) is -0.814. The van der Waals surface area contributed by atoms with Gasteiger partial charge >= 0.3 is 12.2 Å². The van der Waals surface area contributed by atoms with Crippen LogP contribution < -0.4 is 0 Å². The minimum atomic E-state index is -0.437. The van der Waals surface area contributed by atoms with Crippen molar-refractivity contribution in [2.75, 3.05) is 26.2 Å². The van der Waals surface area contributed by atoms with Gasteiger partial charge < -0.3 is 24.4 Å². The van der Waals surface area contributed by atoms with Gasteiger partial charge in [0.1, 0.15) is 11.2 Å². The molecular formula is C21H41IN2O5. The Hall–Kier alpha value is -0.770. The highest BCUT2D eigenvalue weighted by Crippen LogP contribution is 2.20. The van der Waals surface area contributed by atoms with Gasteiger partial charge in [-0.25, -0.2) is 9.59 Å². The average molecular weight is 528 g/mol. The number of halogens is 1. The standard InChI is InChI=1S/C10H18INO2.C10H19NO3.CH4/c1-10(2,3)14-9(13)12-6-4-8(11)5-7-12;1-10(2,3)14-9(13)11-6-4-8(12)5-7-11;/h8H,4-7H2,1-3H3;8,12H,4-7H2,1-3H3;1H4. The van der Waals surface area contributed by atoms with Crippen molar-refractivity contribution >= 4 is 34.8 Å². The van der Waals surface area contributed by atoms with Gasteiger partial charge in [0, 0.05) is 30.1 Å². The van der Waals surface area contributed by atoms with Gasteiger partial charge in [0.25, 0.3) is 0 Å². The fraction of sp³-hybridized carbons (Fsp3) is 0.905. The van der Waals surface area contributed by atoms with Crippen molar-refractivity contribution in [3.05, 3.63) is 0 Å². The lowest BCUT2D eigenvalue weighted by atomic mass is 10.1. The number of rotatable bonds is 0. The Morgan fingerprint density at radius 2 is 1.10 bits per heavy atom. The maximum absolute atomic E-state index is 11.6. The smallest absolute Gasteiger partial charge is 0.410 e. The van der Waals surface area contributed by atoms with Crippen molar-refractivity contribution in [2.45, 2.75) is 95.9 Å². The largest absolute Gasteiger partial charge is 0.444 e. The molecule has 0 saturated carbocycles. The van der Waals surface area contributed by atoms with E-state index in [-0.39, 0.29) is 31.3 Å². The van der Waals surface area contributed by atoms with Crippen molar-refractivity contribution < 1.29 is 24.2 Å². The number of likely N-dealkylation sites (tertiary alicyclic amines) is 2. The van der Waals surface area contributed by atoms with Gasteiger partial charge in [-0.1, -0.05) is 30.0 Å². The molecule has 0 aromatic rings. The van der Waals surface area contributed by atoms with Crippen LogP contribution in [-0.4, -0.2) is 74.5 Å². The number of piperidine rings is 2. The Labute approximate surface area is 190 Å². The van der Waals surface area contributed by atoms with E-state index >= 15 is 0 Å². The molecule has 2 fully saturated rings. The third-order valence-corrected chi connectivity index (χ3v) is 5.44. The summed E-state index contributed by atoms with van der Waals surface area (Å²) in [6.45, 7) is 14.1. The zero-order chi connectivity index (χ0) is 21.5. The fourth-order valence-corrected chi connectivity index (χ4v) is 3.29. The molecule has 0 unspecified atom stereocenters.